The molecule has 0 spiro atoms. The van der Waals surface area contributed by atoms with Crippen molar-refractivity contribution in [2.24, 2.45) is 0 Å². The van der Waals surface area contributed by atoms with Crippen molar-refractivity contribution in [1.82, 2.24) is 0 Å². The number of carbonyl (C=O) groups is 1. The van der Waals surface area contributed by atoms with E-state index < -0.39 is 5.97 Å². The molecule has 0 saturated carbocycles. The van der Waals surface area contributed by atoms with Crippen LogP contribution in [0.25, 0.3) is 4.91 Å². The maximum atomic E-state index is 10.7. The average Bonchev–Trinajstić information content (AvgIpc) is 2.20. The average molecular weight is 229 g/mol. The zero-order valence-electron chi connectivity index (χ0n) is 7.53. The Labute approximate surface area is 91.6 Å². The monoisotopic (exact) mass is 228 g/mol. The highest BCUT2D eigenvalue weighted by Gasteiger charge is 2.12. The van der Waals surface area contributed by atoms with Crippen LogP contribution in [0.3, 0.4) is 0 Å². The van der Waals surface area contributed by atoms with E-state index in [0.717, 1.165) is 5.56 Å². The lowest BCUT2D eigenvalue weighted by molar-refractivity contribution is -0.131. The lowest BCUT2D eigenvalue weighted by atomic mass is 10.2. The van der Waals surface area contributed by atoms with E-state index in [9.17, 15) is 4.79 Å². The largest absolute Gasteiger partial charge is 0.477 e. The smallest absolute Gasteiger partial charge is 0.348 e. The molecule has 4 heteroatoms. The first-order valence-corrected chi connectivity index (χ1v) is 5.49. The van der Waals surface area contributed by atoms with E-state index in [1.54, 1.807) is 6.26 Å². The SMILES string of the molecule is CSC(=C(Cl)C(=O)O)c1ccccc1. The number of benzene rings is 1. The third-order valence-electron chi connectivity index (χ3n) is 1.63. The number of carboxylic acids is 1. The third-order valence-corrected chi connectivity index (χ3v) is 2.94. The van der Waals surface area contributed by atoms with Crippen LogP contribution in [-0.2, 0) is 4.79 Å². The topological polar surface area (TPSA) is 37.3 Å². The van der Waals surface area contributed by atoms with Gasteiger partial charge in [-0.05, 0) is 11.8 Å². The summed E-state index contributed by atoms with van der Waals surface area (Å²) in [4.78, 5) is 11.3. The highest BCUT2D eigenvalue weighted by molar-refractivity contribution is 8.07. The van der Waals surface area contributed by atoms with Gasteiger partial charge in [0.1, 0.15) is 5.03 Å². The molecule has 74 valence electrons. The van der Waals surface area contributed by atoms with Gasteiger partial charge in [-0.15, -0.1) is 11.8 Å². The van der Waals surface area contributed by atoms with Crippen LogP contribution >= 0.6 is 23.4 Å². The van der Waals surface area contributed by atoms with Crippen LogP contribution < -0.4 is 0 Å². The van der Waals surface area contributed by atoms with Crippen molar-refractivity contribution < 1.29 is 9.90 Å². The second-order valence-electron chi connectivity index (χ2n) is 2.52. The highest BCUT2D eigenvalue weighted by atomic mass is 35.5. The van der Waals surface area contributed by atoms with Crippen molar-refractivity contribution in [3.8, 4) is 0 Å². The molecule has 1 aromatic rings. The zero-order valence-corrected chi connectivity index (χ0v) is 9.10. The minimum Gasteiger partial charge on any atom is -0.477 e. The van der Waals surface area contributed by atoms with Gasteiger partial charge in [-0.25, -0.2) is 4.79 Å². The molecule has 0 fully saturated rings. The van der Waals surface area contributed by atoms with E-state index in [1.807, 2.05) is 30.3 Å². The molecule has 0 atom stereocenters. The highest BCUT2D eigenvalue weighted by Crippen LogP contribution is 2.30. The number of hydrogen-bond donors (Lipinski definition) is 1. The summed E-state index contributed by atoms with van der Waals surface area (Å²) in [6.07, 6.45) is 1.80. The van der Waals surface area contributed by atoms with Crippen molar-refractivity contribution in [2.45, 2.75) is 0 Å². The third kappa shape index (κ3) is 2.53. The fraction of sp³-hybridized carbons (Fsp3) is 0.100. The molecular weight excluding hydrogens is 220 g/mol. The maximum Gasteiger partial charge on any atom is 0.348 e. The van der Waals surface area contributed by atoms with E-state index >= 15 is 0 Å². The van der Waals surface area contributed by atoms with Crippen LogP contribution in [0.15, 0.2) is 35.4 Å². The van der Waals surface area contributed by atoms with Crippen molar-refractivity contribution in [3.63, 3.8) is 0 Å². The van der Waals surface area contributed by atoms with E-state index in [-0.39, 0.29) is 5.03 Å². The molecule has 2 nitrogen and oxygen atoms in total. The summed E-state index contributed by atoms with van der Waals surface area (Å²) in [5.41, 5.74) is 0.826. The molecule has 0 amide bonds. The minimum atomic E-state index is -1.10. The first-order chi connectivity index (χ1) is 6.66. The molecule has 1 aromatic carbocycles. The number of carboxylic acid groups (broad SMARTS) is 1. The van der Waals surface area contributed by atoms with Crippen molar-refractivity contribution in [2.75, 3.05) is 6.26 Å². The Hall–Kier alpha value is -0.930. The van der Waals surface area contributed by atoms with Crippen LogP contribution in [0.1, 0.15) is 5.56 Å². The van der Waals surface area contributed by atoms with Crippen molar-refractivity contribution in [3.05, 3.63) is 40.9 Å². The number of halogens is 1. The molecule has 0 aliphatic heterocycles. The Morgan fingerprint density at radius 2 is 1.93 bits per heavy atom. The van der Waals surface area contributed by atoms with E-state index in [1.165, 1.54) is 11.8 Å². The molecule has 0 aliphatic rings. The van der Waals surface area contributed by atoms with E-state index in [4.69, 9.17) is 16.7 Å². The van der Waals surface area contributed by atoms with Gasteiger partial charge in [0, 0.05) is 4.91 Å². The molecule has 0 saturated heterocycles. The molecule has 14 heavy (non-hydrogen) atoms. The molecule has 0 unspecified atom stereocenters. The first-order valence-electron chi connectivity index (χ1n) is 3.89. The lowest BCUT2D eigenvalue weighted by Gasteiger charge is -2.04. The predicted molar refractivity (Wildman–Crippen MR) is 60.4 cm³/mol. The Morgan fingerprint density at radius 3 is 2.36 bits per heavy atom. The Morgan fingerprint density at radius 1 is 1.36 bits per heavy atom. The van der Waals surface area contributed by atoms with Gasteiger partial charge in [-0.1, -0.05) is 41.9 Å². The second kappa shape index (κ2) is 5.08. The van der Waals surface area contributed by atoms with Gasteiger partial charge in [0.05, 0.1) is 0 Å². The maximum absolute atomic E-state index is 10.7. The van der Waals surface area contributed by atoms with Crippen LogP contribution in [0.5, 0.6) is 0 Å². The number of aliphatic carboxylic acids is 1. The Kier molecular flexibility index (Phi) is 4.04. The molecule has 0 radical (unpaired) electrons. The molecular formula is C10H9ClO2S. The van der Waals surface area contributed by atoms with Gasteiger partial charge in [0.2, 0.25) is 0 Å². The van der Waals surface area contributed by atoms with Crippen molar-refractivity contribution in [1.29, 1.82) is 0 Å². The van der Waals surface area contributed by atoms with E-state index in [0.29, 0.717) is 4.91 Å². The molecule has 0 aliphatic carbocycles. The van der Waals surface area contributed by atoms with E-state index in [2.05, 4.69) is 0 Å². The minimum absolute atomic E-state index is 0.135. The summed E-state index contributed by atoms with van der Waals surface area (Å²) in [5.74, 6) is -1.10. The normalized spacial score (nSPS) is 12.1. The summed E-state index contributed by atoms with van der Waals surface area (Å²) in [6, 6.07) is 9.22. The Bertz CT molecular complexity index is 360. The van der Waals surface area contributed by atoms with Gasteiger partial charge in [0.15, 0.2) is 0 Å². The lowest BCUT2D eigenvalue weighted by Crippen LogP contribution is -1.96. The zero-order chi connectivity index (χ0) is 10.6. The standard InChI is InChI=1S/C10H9ClO2S/c1-14-9(8(11)10(12)13)7-5-3-2-4-6-7/h2-6H,1H3,(H,12,13). The summed E-state index contributed by atoms with van der Waals surface area (Å²) >= 11 is 7.00. The van der Waals surface area contributed by atoms with Crippen LogP contribution in [-0.4, -0.2) is 17.3 Å². The van der Waals surface area contributed by atoms with Crippen molar-refractivity contribution >= 4 is 34.2 Å². The fourth-order valence-corrected chi connectivity index (χ4v) is 2.00. The van der Waals surface area contributed by atoms with Crippen LogP contribution in [0, 0.1) is 0 Å². The summed E-state index contributed by atoms with van der Waals surface area (Å²) in [7, 11) is 0. The molecule has 1 N–H and O–H groups in total. The number of hydrogen-bond acceptors (Lipinski definition) is 2. The number of thioether (sulfide) groups is 1. The fourth-order valence-electron chi connectivity index (χ4n) is 1.02. The quantitative estimate of drug-likeness (QED) is 0.808. The first kappa shape index (κ1) is 11.1. The molecule has 0 aromatic heterocycles. The van der Waals surface area contributed by atoms with Crippen LogP contribution in [0.2, 0.25) is 0 Å². The Balaban J connectivity index is 3.17. The van der Waals surface area contributed by atoms with Gasteiger partial charge in [-0.2, -0.15) is 0 Å². The molecule has 0 heterocycles. The predicted octanol–water partition coefficient (Wildman–Crippen LogP) is 3.04. The summed E-state index contributed by atoms with van der Waals surface area (Å²) < 4.78 is 0. The van der Waals surface area contributed by atoms with Gasteiger partial charge >= 0.3 is 5.97 Å². The molecule has 0 bridgehead atoms. The van der Waals surface area contributed by atoms with Gasteiger partial charge < -0.3 is 5.11 Å². The van der Waals surface area contributed by atoms with Gasteiger partial charge in [0.25, 0.3) is 0 Å². The second-order valence-corrected chi connectivity index (χ2v) is 3.71. The van der Waals surface area contributed by atoms with Crippen LogP contribution in [0.4, 0.5) is 0 Å². The summed E-state index contributed by atoms with van der Waals surface area (Å²) in [6.45, 7) is 0. The number of rotatable bonds is 3. The van der Waals surface area contributed by atoms with Gasteiger partial charge in [-0.3, -0.25) is 0 Å². The molecule has 1 rings (SSSR count). The summed E-state index contributed by atoms with van der Waals surface area (Å²) in [5, 5.41) is 8.61.